The summed E-state index contributed by atoms with van der Waals surface area (Å²) in [7, 11) is 0. The molecule has 2 rings (SSSR count). The Bertz CT molecular complexity index is 340. The van der Waals surface area contributed by atoms with E-state index in [9.17, 15) is 0 Å². The van der Waals surface area contributed by atoms with Crippen molar-refractivity contribution in [2.45, 2.75) is 31.4 Å². The zero-order valence-electron chi connectivity index (χ0n) is 9.16. The summed E-state index contributed by atoms with van der Waals surface area (Å²) in [6.07, 6.45) is 3.44. The van der Waals surface area contributed by atoms with Crippen LogP contribution in [0.1, 0.15) is 30.9 Å². The van der Waals surface area contributed by atoms with E-state index in [4.69, 9.17) is 22.2 Å². The molecule has 0 radical (unpaired) electrons. The van der Waals surface area contributed by atoms with Crippen molar-refractivity contribution in [1.82, 2.24) is 5.43 Å². The number of benzene rings is 1. The Morgan fingerprint density at radius 2 is 2.31 bits per heavy atom. The summed E-state index contributed by atoms with van der Waals surface area (Å²) in [5, 5.41) is 0.753. The van der Waals surface area contributed by atoms with Gasteiger partial charge in [-0.2, -0.15) is 0 Å². The van der Waals surface area contributed by atoms with Crippen molar-refractivity contribution in [1.29, 1.82) is 0 Å². The summed E-state index contributed by atoms with van der Waals surface area (Å²) in [6, 6.07) is 7.85. The molecule has 0 bridgehead atoms. The minimum absolute atomic E-state index is 0.0665. The van der Waals surface area contributed by atoms with Crippen molar-refractivity contribution in [3.8, 4) is 0 Å². The zero-order chi connectivity index (χ0) is 11.4. The van der Waals surface area contributed by atoms with Crippen molar-refractivity contribution in [2.24, 2.45) is 5.84 Å². The van der Waals surface area contributed by atoms with Gasteiger partial charge in [-0.15, -0.1) is 0 Å². The van der Waals surface area contributed by atoms with Gasteiger partial charge in [-0.25, -0.2) is 0 Å². The predicted molar refractivity (Wildman–Crippen MR) is 65.1 cm³/mol. The van der Waals surface area contributed by atoms with Crippen molar-refractivity contribution in [3.05, 3.63) is 34.9 Å². The summed E-state index contributed by atoms with van der Waals surface area (Å²) in [5.41, 5.74) is 3.87. The molecule has 4 heteroatoms. The zero-order valence-corrected chi connectivity index (χ0v) is 9.91. The van der Waals surface area contributed by atoms with E-state index in [0.29, 0.717) is 6.10 Å². The molecule has 0 aromatic heterocycles. The Labute approximate surface area is 101 Å². The molecule has 1 heterocycles. The maximum atomic E-state index is 6.15. The first-order chi connectivity index (χ1) is 7.81. The van der Waals surface area contributed by atoms with Gasteiger partial charge < -0.3 is 4.74 Å². The fourth-order valence-corrected chi connectivity index (χ4v) is 2.40. The van der Waals surface area contributed by atoms with Crippen LogP contribution in [0.15, 0.2) is 24.3 Å². The molecule has 0 spiro atoms. The second-order valence-corrected chi connectivity index (χ2v) is 4.52. The maximum absolute atomic E-state index is 6.15. The highest BCUT2D eigenvalue weighted by Crippen LogP contribution is 2.28. The average Bonchev–Trinajstić information content (AvgIpc) is 2.80. The van der Waals surface area contributed by atoms with Crippen LogP contribution < -0.4 is 11.3 Å². The van der Waals surface area contributed by atoms with E-state index in [2.05, 4.69) is 5.43 Å². The monoisotopic (exact) mass is 240 g/mol. The van der Waals surface area contributed by atoms with Crippen LogP contribution in [0.2, 0.25) is 5.02 Å². The molecule has 0 aliphatic carbocycles. The lowest BCUT2D eigenvalue weighted by atomic mass is 10.00. The van der Waals surface area contributed by atoms with Crippen LogP contribution >= 0.6 is 11.6 Å². The Balaban J connectivity index is 2.06. The number of nitrogens with one attached hydrogen (secondary N) is 1. The van der Waals surface area contributed by atoms with E-state index >= 15 is 0 Å². The van der Waals surface area contributed by atoms with Gasteiger partial charge in [0.25, 0.3) is 0 Å². The highest BCUT2D eigenvalue weighted by Gasteiger charge is 2.22. The molecule has 0 saturated carbocycles. The van der Waals surface area contributed by atoms with E-state index in [-0.39, 0.29) is 6.04 Å². The second-order valence-electron chi connectivity index (χ2n) is 4.11. The largest absolute Gasteiger partial charge is 0.378 e. The van der Waals surface area contributed by atoms with Crippen molar-refractivity contribution >= 4 is 11.6 Å². The number of rotatable bonds is 4. The standard InChI is InChI=1S/C12H17ClN2O/c13-11-6-2-1-5-10(11)12(15-14)8-9-4-3-7-16-9/h1-2,5-6,9,12,15H,3-4,7-8,14H2. The van der Waals surface area contributed by atoms with Crippen LogP contribution in [-0.4, -0.2) is 12.7 Å². The predicted octanol–water partition coefficient (Wildman–Crippen LogP) is 2.41. The Kier molecular flexibility index (Phi) is 4.18. The molecule has 0 amide bonds. The van der Waals surface area contributed by atoms with E-state index in [0.717, 1.165) is 36.5 Å². The molecule has 1 saturated heterocycles. The van der Waals surface area contributed by atoms with Crippen molar-refractivity contribution in [2.75, 3.05) is 6.61 Å². The van der Waals surface area contributed by atoms with Crippen molar-refractivity contribution in [3.63, 3.8) is 0 Å². The first-order valence-corrected chi connectivity index (χ1v) is 6.01. The van der Waals surface area contributed by atoms with E-state index in [1.54, 1.807) is 0 Å². The van der Waals surface area contributed by atoms with Gasteiger partial charge in [-0.3, -0.25) is 11.3 Å². The van der Waals surface area contributed by atoms with Crippen LogP contribution in [0, 0.1) is 0 Å². The molecule has 16 heavy (non-hydrogen) atoms. The fraction of sp³-hybridized carbons (Fsp3) is 0.500. The first-order valence-electron chi connectivity index (χ1n) is 5.63. The number of ether oxygens (including phenoxy) is 1. The minimum atomic E-state index is 0.0665. The van der Waals surface area contributed by atoms with Crippen LogP contribution in [0.5, 0.6) is 0 Å². The quantitative estimate of drug-likeness (QED) is 0.628. The molecular weight excluding hydrogens is 224 g/mol. The molecular formula is C12H17ClN2O. The Morgan fingerprint density at radius 1 is 1.50 bits per heavy atom. The van der Waals surface area contributed by atoms with Gasteiger partial charge in [0.15, 0.2) is 0 Å². The molecule has 3 nitrogen and oxygen atoms in total. The minimum Gasteiger partial charge on any atom is -0.378 e. The van der Waals surface area contributed by atoms with Gasteiger partial charge in [0.05, 0.1) is 6.10 Å². The summed E-state index contributed by atoms with van der Waals surface area (Å²) in [4.78, 5) is 0. The third-order valence-corrected chi connectivity index (χ3v) is 3.35. The summed E-state index contributed by atoms with van der Waals surface area (Å²) < 4.78 is 5.61. The highest BCUT2D eigenvalue weighted by atomic mass is 35.5. The normalized spacial score (nSPS) is 22.2. The molecule has 1 aliphatic rings. The molecule has 1 aromatic rings. The van der Waals surface area contributed by atoms with Crippen LogP contribution in [0.4, 0.5) is 0 Å². The number of nitrogens with two attached hydrogens (primary N) is 1. The molecule has 88 valence electrons. The molecule has 1 aliphatic heterocycles. The lowest BCUT2D eigenvalue weighted by Gasteiger charge is -2.20. The SMILES string of the molecule is NNC(CC1CCCO1)c1ccccc1Cl. The smallest absolute Gasteiger partial charge is 0.0594 e. The number of hydrogen-bond acceptors (Lipinski definition) is 3. The topological polar surface area (TPSA) is 47.3 Å². The van der Waals surface area contributed by atoms with Gasteiger partial charge in [-0.1, -0.05) is 29.8 Å². The van der Waals surface area contributed by atoms with Gasteiger partial charge in [0, 0.05) is 17.7 Å². The fourth-order valence-electron chi connectivity index (χ4n) is 2.14. The average molecular weight is 241 g/mol. The van der Waals surface area contributed by atoms with Crippen molar-refractivity contribution < 1.29 is 4.74 Å². The summed E-state index contributed by atoms with van der Waals surface area (Å²) in [6.45, 7) is 0.866. The lowest BCUT2D eigenvalue weighted by Crippen LogP contribution is -2.31. The van der Waals surface area contributed by atoms with Crippen LogP contribution in [0.25, 0.3) is 0 Å². The van der Waals surface area contributed by atoms with E-state index < -0.39 is 0 Å². The van der Waals surface area contributed by atoms with Gasteiger partial charge in [0.2, 0.25) is 0 Å². The second kappa shape index (κ2) is 5.64. The summed E-state index contributed by atoms with van der Waals surface area (Å²) in [5.74, 6) is 5.59. The van der Waals surface area contributed by atoms with E-state index in [1.807, 2.05) is 24.3 Å². The molecule has 2 atom stereocenters. The van der Waals surface area contributed by atoms with Crippen LogP contribution in [-0.2, 0) is 4.74 Å². The van der Waals surface area contributed by atoms with Gasteiger partial charge in [0.1, 0.15) is 0 Å². The third-order valence-electron chi connectivity index (χ3n) is 3.00. The van der Waals surface area contributed by atoms with Gasteiger partial charge in [-0.05, 0) is 30.9 Å². The summed E-state index contributed by atoms with van der Waals surface area (Å²) >= 11 is 6.15. The lowest BCUT2D eigenvalue weighted by molar-refractivity contribution is 0.0946. The molecule has 1 aromatic carbocycles. The number of hydrazine groups is 1. The Hall–Kier alpha value is -0.610. The highest BCUT2D eigenvalue weighted by molar-refractivity contribution is 6.31. The molecule has 2 unspecified atom stereocenters. The van der Waals surface area contributed by atoms with Crippen LogP contribution in [0.3, 0.4) is 0 Å². The Morgan fingerprint density at radius 3 is 2.94 bits per heavy atom. The van der Waals surface area contributed by atoms with Gasteiger partial charge >= 0.3 is 0 Å². The maximum Gasteiger partial charge on any atom is 0.0594 e. The number of halogens is 1. The third kappa shape index (κ3) is 2.74. The van der Waals surface area contributed by atoms with E-state index in [1.165, 1.54) is 0 Å². The first kappa shape index (κ1) is 11.9. The molecule has 1 fully saturated rings. The molecule has 3 N–H and O–H groups in total. The number of hydrogen-bond donors (Lipinski definition) is 2.